The van der Waals surface area contributed by atoms with Crippen molar-refractivity contribution in [1.82, 2.24) is 5.32 Å². The molecule has 1 aromatic rings. The first-order valence-electron chi connectivity index (χ1n) is 6.66. The average Bonchev–Trinajstić information content (AvgIpc) is 2.40. The van der Waals surface area contributed by atoms with Gasteiger partial charge in [-0.15, -0.1) is 0 Å². The second-order valence-corrected chi connectivity index (χ2v) is 6.50. The number of amides is 1. The van der Waals surface area contributed by atoms with Crippen LogP contribution in [0.2, 0.25) is 5.02 Å². The van der Waals surface area contributed by atoms with Crippen LogP contribution in [0.3, 0.4) is 0 Å². The van der Waals surface area contributed by atoms with E-state index in [9.17, 15) is 9.90 Å². The Labute approximate surface area is 130 Å². The van der Waals surface area contributed by atoms with Gasteiger partial charge in [-0.05, 0) is 37.3 Å². The lowest BCUT2D eigenvalue weighted by molar-refractivity contribution is -0.125. The predicted octanol–water partition coefficient (Wildman–Crippen LogP) is 2.75. The van der Waals surface area contributed by atoms with Gasteiger partial charge in [0, 0.05) is 22.2 Å². The summed E-state index contributed by atoms with van der Waals surface area (Å²) in [6, 6.07) is 7.51. The zero-order valence-corrected chi connectivity index (χ0v) is 13.7. The Morgan fingerprint density at radius 2 is 2.15 bits per heavy atom. The van der Waals surface area contributed by atoms with Crippen LogP contribution in [-0.4, -0.2) is 35.2 Å². The Balaban J connectivity index is 2.55. The molecule has 20 heavy (non-hydrogen) atoms. The first-order valence-corrected chi connectivity index (χ1v) is 8.33. The maximum atomic E-state index is 12.1. The van der Waals surface area contributed by atoms with Crippen LogP contribution in [0.4, 0.5) is 0 Å². The Morgan fingerprint density at radius 1 is 1.45 bits per heavy atom. The third kappa shape index (κ3) is 5.35. The molecule has 0 aromatic heterocycles. The highest BCUT2D eigenvalue weighted by Crippen LogP contribution is 2.16. The molecule has 0 heterocycles. The summed E-state index contributed by atoms with van der Waals surface area (Å²) in [4.78, 5) is 12.1. The van der Waals surface area contributed by atoms with Gasteiger partial charge in [0.25, 0.3) is 0 Å². The third-order valence-electron chi connectivity index (χ3n) is 3.29. The van der Waals surface area contributed by atoms with E-state index in [-0.39, 0.29) is 29.7 Å². The van der Waals surface area contributed by atoms with E-state index in [1.165, 1.54) is 0 Å². The number of nitrogens with one attached hydrogen (secondary N) is 1. The summed E-state index contributed by atoms with van der Waals surface area (Å²) in [7, 11) is 0. The molecule has 112 valence electrons. The number of aliphatic hydroxyl groups excluding tert-OH is 1. The van der Waals surface area contributed by atoms with Gasteiger partial charge in [0.2, 0.25) is 5.91 Å². The highest BCUT2D eigenvalue weighted by molar-refractivity contribution is 7.99. The van der Waals surface area contributed by atoms with Crippen molar-refractivity contribution in [2.45, 2.75) is 31.6 Å². The van der Waals surface area contributed by atoms with E-state index < -0.39 is 0 Å². The van der Waals surface area contributed by atoms with Crippen LogP contribution >= 0.6 is 23.4 Å². The quantitative estimate of drug-likeness (QED) is 0.813. The number of carbonyl (C=O) groups is 1. The minimum Gasteiger partial charge on any atom is -0.395 e. The number of hydrogen-bond donors (Lipinski definition) is 2. The summed E-state index contributed by atoms with van der Waals surface area (Å²) in [6.07, 6.45) is 2.58. The van der Waals surface area contributed by atoms with Crippen LogP contribution < -0.4 is 5.32 Å². The van der Waals surface area contributed by atoms with Crippen LogP contribution in [0.25, 0.3) is 0 Å². The van der Waals surface area contributed by atoms with Gasteiger partial charge in [-0.1, -0.05) is 30.7 Å². The number of carbonyl (C=O) groups excluding carboxylic acids is 1. The van der Waals surface area contributed by atoms with E-state index in [1.807, 2.05) is 44.4 Å². The summed E-state index contributed by atoms with van der Waals surface area (Å²) in [5.41, 5.74) is 1.05. The number of halogens is 1. The lowest BCUT2D eigenvalue weighted by Crippen LogP contribution is -2.43. The van der Waals surface area contributed by atoms with Gasteiger partial charge in [-0.25, -0.2) is 0 Å². The maximum absolute atomic E-state index is 12.1. The Kier molecular flexibility index (Phi) is 7.41. The van der Waals surface area contributed by atoms with Crippen molar-refractivity contribution in [3.05, 3.63) is 34.9 Å². The number of rotatable bonds is 7. The Hall–Kier alpha value is -0.710. The van der Waals surface area contributed by atoms with E-state index in [4.69, 9.17) is 11.6 Å². The minimum absolute atomic E-state index is 0.00461. The van der Waals surface area contributed by atoms with Crippen molar-refractivity contribution in [2.24, 2.45) is 5.92 Å². The lowest BCUT2D eigenvalue weighted by Gasteiger charge is -2.23. The highest BCUT2D eigenvalue weighted by atomic mass is 35.5. The molecule has 1 aromatic carbocycles. The van der Waals surface area contributed by atoms with Crippen LogP contribution in [0.15, 0.2) is 24.3 Å². The molecule has 0 radical (unpaired) electrons. The molecule has 1 rings (SSSR count). The summed E-state index contributed by atoms with van der Waals surface area (Å²) < 4.78 is 0. The molecule has 0 aliphatic carbocycles. The molecule has 0 aliphatic rings. The molecular formula is C15H22ClNO2S. The summed E-state index contributed by atoms with van der Waals surface area (Å²) in [6.45, 7) is 3.88. The molecule has 0 saturated carbocycles. The number of benzene rings is 1. The maximum Gasteiger partial charge on any atom is 0.223 e. The van der Waals surface area contributed by atoms with Crippen molar-refractivity contribution in [3.8, 4) is 0 Å². The highest BCUT2D eigenvalue weighted by Gasteiger charge is 2.20. The second kappa shape index (κ2) is 8.55. The molecular weight excluding hydrogens is 294 g/mol. The first kappa shape index (κ1) is 17.3. The standard InChI is InChI=1S/C15H22ClNO2S/c1-10(7-12-5-4-6-13(16)8-12)15(19)17-11(2)14(9-18)20-3/h4-6,8,10-11,14,18H,7,9H2,1-3H3,(H,17,19). The van der Waals surface area contributed by atoms with E-state index in [0.29, 0.717) is 11.4 Å². The molecule has 0 bridgehead atoms. The Morgan fingerprint density at radius 3 is 2.70 bits per heavy atom. The number of thioether (sulfide) groups is 1. The molecule has 0 saturated heterocycles. The monoisotopic (exact) mass is 315 g/mol. The van der Waals surface area contributed by atoms with Gasteiger partial charge < -0.3 is 10.4 Å². The van der Waals surface area contributed by atoms with E-state index in [0.717, 1.165) is 5.56 Å². The largest absolute Gasteiger partial charge is 0.395 e. The fourth-order valence-corrected chi connectivity index (χ4v) is 2.84. The van der Waals surface area contributed by atoms with Gasteiger partial charge in [0.1, 0.15) is 0 Å². The predicted molar refractivity (Wildman–Crippen MR) is 86.3 cm³/mol. The van der Waals surface area contributed by atoms with E-state index >= 15 is 0 Å². The van der Waals surface area contributed by atoms with Crippen LogP contribution in [0.1, 0.15) is 19.4 Å². The van der Waals surface area contributed by atoms with Crippen molar-refractivity contribution in [3.63, 3.8) is 0 Å². The van der Waals surface area contributed by atoms with Crippen molar-refractivity contribution >= 4 is 29.3 Å². The van der Waals surface area contributed by atoms with E-state index in [1.54, 1.807) is 11.8 Å². The molecule has 0 spiro atoms. The lowest BCUT2D eigenvalue weighted by atomic mass is 10.00. The third-order valence-corrected chi connectivity index (χ3v) is 4.69. The topological polar surface area (TPSA) is 49.3 Å². The summed E-state index contributed by atoms with van der Waals surface area (Å²) in [5.74, 6) is -0.123. The van der Waals surface area contributed by atoms with Gasteiger partial charge >= 0.3 is 0 Å². The molecule has 2 N–H and O–H groups in total. The second-order valence-electron chi connectivity index (χ2n) is 4.99. The van der Waals surface area contributed by atoms with E-state index in [2.05, 4.69) is 5.32 Å². The zero-order chi connectivity index (χ0) is 15.1. The molecule has 0 fully saturated rings. The fraction of sp³-hybridized carbons (Fsp3) is 0.533. The SMILES string of the molecule is CSC(CO)C(C)NC(=O)C(C)Cc1cccc(Cl)c1. The number of hydrogen-bond acceptors (Lipinski definition) is 3. The normalized spacial score (nSPS) is 15.4. The molecule has 3 nitrogen and oxygen atoms in total. The summed E-state index contributed by atoms with van der Waals surface area (Å²) in [5, 5.41) is 12.9. The molecule has 5 heteroatoms. The van der Waals surface area contributed by atoms with Gasteiger partial charge in [0.05, 0.1) is 6.61 Å². The van der Waals surface area contributed by atoms with Crippen molar-refractivity contribution in [2.75, 3.05) is 12.9 Å². The van der Waals surface area contributed by atoms with Crippen LogP contribution in [0.5, 0.6) is 0 Å². The van der Waals surface area contributed by atoms with Crippen LogP contribution in [-0.2, 0) is 11.2 Å². The van der Waals surface area contributed by atoms with Crippen molar-refractivity contribution < 1.29 is 9.90 Å². The van der Waals surface area contributed by atoms with Gasteiger partial charge in [0.15, 0.2) is 0 Å². The van der Waals surface area contributed by atoms with Crippen molar-refractivity contribution in [1.29, 1.82) is 0 Å². The minimum atomic E-state index is -0.128. The average molecular weight is 316 g/mol. The molecule has 3 atom stereocenters. The summed E-state index contributed by atoms with van der Waals surface area (Å²) >= 11 is 7.50. The molecule has 3 unspecified atom stereocenters. The smallest absolute Gasteiger partial charge is 0.223 e. The van der Waals surface area contributed by atoms with Gasteiger partial charge in [-0.2, -0.15) is 11.8 Å². The molecule has 1 amide bonds. The van der Waals surface area contributed by atoms with Gasteiger partial charge in [-0.3, -0.25) is 4.79 Å². The molecule has 0 aliphatic heterocycles. The number of aliphatic hydroxyl groups is 1. The Bertz CT molecular complexity index is 438. The zero-order valence-electron chi connectivity index (χ0n) is 12.1. The first-order chi connectivity index (χ1) is 9.47. The van der Waals surface area contributed by atoms with Crippen LogP contribution in [0, 0.1) is 5.92 Å². The fourth-order valence-electron chi connectivity index (χ4n) is 2.01.